The predicted octanol–water partition coefficient (Wildman–Crippen LogP) is 9.91. The van der Waals surface area contributed by atoms with Crippen molar-refractivity contribution < 1.29 is 0 Å². The molecule has 3 rings (SSSR count). The van der Waals surface area contributed by atoms with Crippen LogP contribution in [0.2, 0.25) is 0 Å². The molecule has 0 saturated heterocycles. The van der Waals surface area contributed by atoms with Crippen LogP contribution >= 0.6 is 0 Å². The lowest BCUT2D eigenvalue weighted by Crippen LogP contribution is -2.47. The van der Waals surface area contributed by atoms with Gasteiger partial charge in [0.25, 0.3) is 0 Å². The zero-order valence-electron chi connectivity index (χ0n) is 20.4. The van der Waals surface area contributed by atoms with Crippen molar-refractivity contribution in [1.29, 1.82) is 0 Å². The van der Waals surface area contributed by atoms with E-state index in [1.807, 2.05) is 0 Å². The van der Waals surface area contributed by atoms with Crippen molar-refractivity contribution in [1.82, 2.24) is 0 Å². The molecule has 0 radical (unpaired) electrons. The highest BCUT2D eigenvalue weighted by Crippen LogP contribution is 2.65. The average Bonchev–Trinajstić information content (AvgIpc) is 3.04. The van der Waals surface area contributed by atoms with Gasteiger partial charge in [0.2, 0.25) is 0 Å². The Balaban J connectivity index is 0.00000300. The topological polar surface area (TPSA) is 0 Å². The quantitative estimate of drug-likeness (QED) is 0.377. The van der Waals surface area contributed by atoms with E-state index in [0.29, 0.717) is 10.8 Å². The van der Waals surface area contributed by atoms with Gasteiger partial charge in [0, 0.05) is 0 Å². The second kappa shape index (κ2) is 10.5. The second-order valence-electron chi connectivity index (χ2n) is 12.1. The first-order valence-electron chi connectivity index (χ1n) is 13.4. The molecule has 0 nitrogen and oxygen atoms in total. The van der Waals surface area contributed by atoms with Gasteiger partial charge in [0.05, 0.1) is 0 Å². The largest absolute Gasteiger partial charge is 0.0776 e. The Hall–Kier alpha value is 0. The Labute approximate surface area is 185 Å². The van der Waals surface area contributed by atoms with Crippen molar-refractivity contribution in [2.75, 3.05) is 0 Å². The minimum Gasteiger partial charge on any atom is -0.0776 e. The molecule has 172 valence electrons. The molecule has 3 aliphatic carbocycles. The van der Waals surface area contributed by atoms with Crippen molar-refractivity contribution in [2.45, 2.75) is 139 Å². The molecule has 0 spiro atoms. The van der Waals surface area contributed by atoms with Crippen LogP contribution in [0.5, 0.6) is 0 Å². The van der Waals surface area contributed by atoms with E-state index in [0.717, 1.165) is 35.5 Å². The maximum Gasteiger partial charge on any atom is -0.0264 e. The Bertz CT molecular complexity index is 472. The first kappa shape index (κ1) is 25.3. The fourth-order valence-electron chi connectivity index (χ4n) is 8.62. The van der Waals surface area contributed by atoms with E-state index in [2.05, 4.69) is 41.5 Å². The zero-order valence-corrected chi connectivity index (χ0v) is 20.4. The van der Waals surface area contributed by atoms with Crippen LogP contribution in [0.4, 0.5) is 0 Å². The number of hydrogen-bond donors (Lipinski definition) is 0. The standard InChI is InChI=1S/C28H52.CH4/c1-7-21(3)13-12-14-22(4)24-15-16-26-23(8-2)25(17-20-28(24,26)6)27(5)18-10-9-11-19-27;/h21-26H,7-20H2,1-6H3;1H4/t21?,22-,23?,24?,25?,26?,28?;/m1./s1. The van der Waals surface area contributed by atoms with Crippen LogP contribution in [-0.4, -0.2) is 0 Å². The van der Waals surface area contributed by atoms with Crippen molar-refractivity contribution in [3.8, 4) is 0 Å². The summed E-state index contributed by atoms with van der Waals surface area (Å²) in [5.41, 5.74) is 1.32. The minimum atomic E-state index is 0. The second-order valence-corrected chi connectivity index (χ2v) is 12.1. The Morgan fingerprint density at radius 3 is 2.14 bits per heavy atom. The van der Waals surface area contributed by atoms with Crippen LogP contribution < -0.4 is 0 Å². The fraction of sp³-hybridized carbons (Fsp3) is 1.00. The smallest absolute Gasteiger partial charge is 0.0264 e. The van der Waals surface area contributed by atoms with Gasteiger partial charge in [-0.25, -0.2) is 0 Å². The van der Waals surface area contributed by atoms with Crippen molar-refractivity contribution >= 4 is 0 Å². The molecule has 0 heteroatoms. The van der Waals surface area contributed by atoms with E-state index in [4.69, 9.17) is 0 Å². The lowest BCUT2D eigenvalue weighted by atomic mass is 9.50. The fourth-order valence-corrected chi connectivity index (χ4v) is 8.62. The monoisotopic (exact) mass is 404 g/mol. The van der Waals surface area contributed by atoms with Gasteiger partial charge in [-0.1, -0.05) is 100 Å². The molecule has 0 bridgehead atoms. The van der Waals surface area contributed by atoms with Crippen molar-refractivity contribution in [2.24, 2.45) is 46.3 Å². The molecule has 0 N–H and O–H groups in total. The van der Waals surface area contributed by atoms with Crippen LogP contribution in [-0.2, 0) is 0 Å². The van der Waals surface area contributed by atoms with Gasteiger partial charge in [-0.15, -0.1) is 0 Å². The molecule has 7 atom stereocenters. The van der Waals surface area contributed by atoms with E-state index in [-0.39, 0.29) is 7.43 Å². The lowest BCUT2D eigenvalue weighted by Gasteiger charge is -2.55. The highest BCUT2D eigenvalue weighted by molar-refractivity contribution is 5.06. The molecule has 0 aromatic heterocycles. The van der Waals surface area contributed by atoms with Crippen LogP contribution in [0.25, 0.3) is 0 Å². The summed E-state index contributed by atoms with van der Waals surface area (Å²) in [4.78, 5) is 0. The Kier molecular flexibility index (Phi) is 9.18. The molecule has 0 aromatic rings. The SMILES string of the molecule is C.CCC(C)CCC[C@@H](C)C1CCC2C(CC)C(C3(C)CCCCC3)CCC21C. The van der Waals surface area contributed by atoms with E-state index in [9.17, 15) is 0 Å². The molecular weight excluding hydrogens is 348 g/mol. The molecule has 3 saturated carbocycles. The zero-order chi connectivity index (χ0) is 20.4. The average molecular weight is 405 g/mol. The normalized spacial score (nSPS) is 38.7. The van der Waals surface area contributed by atoms with Crippen LogP contribution in [0.1, 0.15) is 139 Å². The molecule has 29 heavy (non-hydrogen) atoms. The van der Waals surface area contributed by atoms with Gasteiger partial charge in [-0.2, -0.15) is 0 Å². The van der Waals surface area contributed by atoms with E-state index in [1.54, 1.807) is 6.42 Å². The summed E-state index contributed by atoms with van der Waals surface area (Å²) in [6.07, 6.45) is 20.9. The molecule has 3 fully saturated rings. The summed E-state index contributed by atoms with van der Waals surface area (Å²) in [5, 5.41) is 0. The molecule has 0 heterocycles. The summed E-state index contributed by atoms with van der Waals surface area (Å²) in [6, 6.07) is 0. The molecule has 6 unspecified atom stereocenters. The van der Waals surface area contributed by atoms with E-state index < -0.39 is 0 Å². The maximum absolute atomic E-state index is 2.74. The number of rotatable bonds is 8. The van der Waals surface area contributed by atoms with Crippen molar-refractivity contribution in [3.63, 3.8) is 0 Å². The van der Waals surface area contributed by atoms with Gasteiger partial charge in [0.15, 0.2) is 0 Å². The van der Waals surface area contributed by atoms with Crippen LogP contribution in [0.3, 0.4) is 0 Å². The maximum atomic E-state index is 2.74. The summed E-state index contributed by atoms with van der Waals surface area (Å²) in [7, 11) is 0. The molecule has 0 aromatic carbocycles. The Morgan fingerprint density at radius 1 is 0.828 bits per heavy atom. The first-order chi connectivity index (χ1) is 13.4. The van der Waals surface area contributed by atoms with Crippen LogP contribution in [0.15, 0.2) is 0 Å². The minimum absolute atomic E-state index is 0. The van der Waals surface area contributed by atoms with Gasteiger partial charge in [-0.3, -0.25) is 0 Å². The van der Waals surface area contributed by atoms with E-state index in [1.165, 1.54) is 83.5 Å². The van der Waals surface area contributed by atoms with Crippen molar-refractivity contribution in [3.05, 3.63) is 0 Å². The van der Waals surface area contributed by atoms with Gasteiger partial charge < -0.3 is 0 Å². The highest BCUT2D eigenvalue weighted by Gasteiger charge is 2.56. The summed E-state index contributed by atoms with van der Waals surface area (Å²) in [6.45, 7) is 15.4. The molecule has 3 aliphatic rings. The van der Waals surface area contributed by atoms with Gasteiger partial charge >= 0.3 is 0 Å². The third-order valence-corrected chi connectivity index (χ3v) is 10.6. The summed E-state index contributed by atoms with van der Waals surface area (Å²) < 4.78 is 0. The third-order valence-electron chi connectivity index (χ3n) is 10.6. The van der Waals surface area contributed by atoms with Gasteiger partial charge in [0.1, 0.15) is 0 Å². The molecule has 0 aliphatic heterocycles. The van der Waals surface area contributed by atoms with Crippen LogP contribution in [0, 0.1) is 46.3 Å². The Morgan fingerprint density at radius 2 is 1.52 bits per heavy atom. The van der Waals surface area contributed by atoms with Gasteiger partial charge in [-0.05, 0) is 84.9 Å². The third kappa shape index (κ3) is 5.09. The summed E-state index contributed by atoms with van der Waals surface area (Å²) >= 11 is 0. The molecular formula is C29H56. The number of fused-ring (bicyclic) bond motifs is 1. The highest BCUT2D eigenvalue weighted by atomic mass is 14.6. The van der Waals surface area contributed by atoms with E-state index >= 15 is 0 Å². The number of hydrogen-bond acceptors (Lipinski definition) is 0. The summed E-state index contributed by atoms with van der Waals surface area (Å²) in [5.74, 6) is 5.93. The molecule has 0 amide bonds. The lowest BCUT2D eigenvalue weighted by molar-refractivity contribution is -0.0608. The first-order valence-corrected chi connectivity index (χ1v) is 13.4. The predicted molar refractivity (Wildman–Crippen MR) is 131 cm³/mol.